The minimum atomic E-state index is -0.473. The zero-order chi connectivity index (χ0) is 18.2. The molecule has 0 saturated carbocycles. The largest absolute Gasteiger partial charge is 0.488 e. The van der Waals surface area contributed by atoms with Gasteiger partial charge in [0.15, 0.2) is 5.96 Å². The molecule has 2 aromatic rings. The molecule has 1 aliphatic heterocycles. The van der Waals surface area contributed by atoms with Gasteiger partial charge in [-0.25, -0.2) is 4.99 Å². The van der Waals surface area contributed by atoms with Gasteiger partial charge < -0.3 is 20.5 Å². The quantitative estimate of drug-likeness (QED) is 0.323. The number of aliphatic hydroxyl groups excluding tert-OH is 1. The number of nitrogens with zero attached hydrogens (tertiary/aromatic N) is 1. The highest BCUT2D eigenvalue weighted by atomic mass is 127. The van der Waals surface area contributed by atoms with Crippen molar-refractivity contribution < 1.29 is 9.84 Å². The molecule has 1 heterocycles. The number of nitrogens with one attached hydrogen (secondary N) is 2. The summed E-state index contributed by atoms with van der Waals surface area (Å²) in [6.07, 6.45) is 1.13. The Morgan fingerprint density at radius 1 is 1.15 bits per heavy atom. The summed E-state index contributed by atoms with van der Waals surface area (Å²) in [6.45, 7) is 4.08. The Morgan fingerprint density at radius 3 is 2.63 bits per heavy atom. The normalized spacial score (nSPS) is 16.7. The lowest BCUT2D eigenvalue weighted by Gasteiger charge is -2.15. The second kappa shape index (κ2) is 11.1. The van der Waals surface area contributed by atoms with Crippen molar-refractivity contribution in [2.24, 2.45) is 4.99 Å². The van der Waals surface area contributed by atoms with Gasteiger partial charge in [0, 0.05) is 19.5 Å². The van der Waals surface area contributed by atoms with Crippen LogP contribution in [0.15, 0.2) is 59.6 Å². The molecule has 3 rings (SSSR count). The Balaban J connectivity index is 0.00000261. The van der Waals surface area contributed by atoms with E-state index in [4.69, 9.17) is 4.74 Å². The third kappa shape index (κ3) is 6.39. The number of rotatable bonds is 7. The van der Waals surface area contributed by atoms with E-state index in [9.17, 15) is 5.11 Å². The van der Waals surface area contributed by atoms with Crippen molar-refractivity contribution in [3.63, 3.8) is 0 Å². The van der Waals surface area contributed by atoms with E-state index in [1.807, 2.05) is 55.5 Å². The van der Waals surface area contributed by atoms with E-state index in [1.165, 1.54) is 5.56 Å². The van der Waals surface area contributed by atoms with E-state index in [0.717, 1.165) is 30.2 Å². The minimum Gasteiger partial charge on any atom is -0.488 e. The van der Waals surface area contributed by atoms with Gasteiger partial charge in [-0.3, -0.25) is 0 Å². The summed E-state index contributed by atoms with van der Waals surface area (Å²) in [4.78, 5) is 4.64. The lowest BCUT2D eigenvalue weighted by molar-refractivity contribution is 0.168. The number of hydrogen-bond donors (Lipinski definition) is 3. The van der Waals surface area contributed by atoms with E-state index in [1.54, 1.807) is 0 Å². The number of hydrogen-bond acceptors (Lipinski definition) is 3. The molecule has 1 aliphatic rings. The first-order valence-electron chi connectivity index (χ1n) is 9.26. The number of benzene rings is 2. The van der Waals surface area contributed by atoms with Crippen LogP contribution in [0.3, 0.4) is 0 Å². The van der Waals surface area contributed by atoms with Gasteiger partial charge in [0.2, 0.25) is 0 Å². The van der Waals surface area contributed by atoms with E-state index >= 15 is 0 Å². The third-order valence-corrected chi connectivity index (χ3v) is 4.41. The van der Waals surface area contributed by atoms with E-state index < -0.39 is 6.10 Å². The molecule has 6 heteroatoms. The van der Waals surface area contributed by atoms with E-state index in [-0.39, 0.29) is 30.1 Å². The summed E-state index contributed by atoms with van der Waals surface area (Å²) in [7, 11) is 0. The lowest BCUT2D eigenvalue weighted by atomic mass is 10.1. The highest BCUT2D eigenvalue weighted by molar-refractivity contribution is 14.0. The molecular formula is C21H28IN3O2. The van der Waals surface area contributed by atoms with Crippen molar-refractivity contribution in [1.82, 2.24) is 10.6 Å². The van der Waals surface area contributed by atoms with Crippen LogP contribution in [-0.2, 0) is 6.42 Å². The number of para-hydroxylation sites is 1. The van der Waals surface area contributed by atoms with Crippen LogP contribution >= 0.6 is 24.0 Å². The molecule has 0 bridgehead atoms. The Morgan fingerprint density at radius 2 is 1.89 bits per heavy atom. The molecule has 0 radical (unpaired) electrons. The Labute approximate surface area is 178 Å². The number of guanidine groups is 1. The van der Waals surface area contributed by atoms with Crippen LogP contribution in [0, 0.1) is 0 Å². The number of fused-ring (bicyclic) bond motifs is 1. The maximum atomic E-state index is 10.2. The summed E-state index contributed by atoms with van der Waals surface area (Å²) >= 11 is 0. The van der Waals surface area contributed by atoms with Crippen LogP contribution in [-0.4, -0.2) is 36.8 Å². The number of aliphatic imine (C=N–C) groups is 1. The first kappa shape index (κ1) is 21.5. The van der Waals surface area contributed by atoms with Gasteiger partial charge >= 0.3 is 0 Å². The molecule has 0 spiro atoms. The standard InChI is InChI=1S/C21H27N3O2.HI/c1-2-22-21(23-13-12-19(25)16-8-4-3-5-9-16)24-15-18-14-17-10-6-7-11-20(17)26-18;/h3-11,18-19,25H,2,12-15H2,1H3,(H2,22,23,24);1H. The fourth-order valence-electron chi connectivity index (χ4n) is 3.06. The molecule has 3 N–H and O–H groups in total. The fraction of sp³-hybridized carbons (Fsp3) is 0.381. The third-order valence-electron chi connectivity index (χ3n) is 4.41. The Kier molecular flexibility index (Phi) is 8.87. The van der Waals surface area contributed by atoms with Crippen molar-refractivity contribution in [3.8, 4) is 5.75 Å². The molecule has 0 saturated heterocycles. The zero-order valence-corrected chi connectivity index (χ0v) is 17.9. The Bertz CT molecular complexity index is 699. The smallest absolute Gasteiger partial charge is 0.191 e. The monoisotopic (exact) mass is 481 g/mol. The van der Waals surface area contributed by atoms with Crippen molar-refractivity contribution in [2.45, 2.75) is 32.0 Å². The van der Waals surface area contributed by atoms with Crippen molar-refractivity contribution in [2.75, 3.05) is 19.6 Å². The number of halogens is 1. The van der Waals surface area contributed by atoms with Crippen LogP contribution in [0.2, 0.25) is 0 Å². The minimum absolute atomic E-state index is 0. The zero-order valence-electron chi connectivity index (χ0n) is 15.6. The van der Waals surface area contributed by atoms with Crippen LogP contribution in [0.1, 0.15) is 30.6 Å². The summed E-state index contributed by atoms with van der Waals surface area (Å²) in [5.74, 6) is 1.73. The van der Waals surface area contributed by atoms with Crippen molar-refractivity contribution >= 4 is 29.9 Å². The molecule has 0 aromatic heterocycles. The number of aliphatic hydroxyl groups is 1. The molecular weight excluding hydrogens is 453 g/mol. The second-order valence-electron chi connectivity index (χ2n) is 6.41. The van der Waals surface area contributed by atoms with Gasteiger partial charge in [0.05, 0.1) is 12.6 Å². The summed E-state index contributed by atoms with van der Waals surface area (Å²) in [5.41, 5.74) is 2.19. The molecule has 2 aromatic carbocycles. The molecule has 0 fully saturated rings. The SMILES string of the molecule is CCNC(=NCC1Cc2ccccc2O1)NCCC(O)c1ccccc1.I. The molecule has 0 amide bonds. The first-order chi connectivity index (χ1) is 12.8. The number of ether oxygens (including phenoxy) is 1. The van der Waals surface area contributed by atoms with Crippen molar-refractivity contribution in [1.29, 1.82) is 0 Å². The lowest BCUT2D eigenvalue weighted by Crippen LogP contribution is -2.39. The maximum absolute atomic E-state index is 10.2. The van der Waals surface area contributed by atoms with Gasteiger partial charge in [-0.05, 0) is 30.5 Å². The average molecular weight is 481 g/mol. The molecule has 146 valence electrons. The van der Waals surface area contributed by atoms with Crippen LogP contribution in [0.25, 0.3) is 0 Å². The summed E-state index contributed by atoms with van der Waals surface area (Å²) in [6, 6.07) is 17.9. The van der Waals surface area contributed by atoms with Gasteiger partial charge in [-0.15, -0.1) is 24.0 Å². The average Bonchev–Trinajstić information content (AvgIpc) is 3.09. The molecule has 5 nitrogen and oxygen atoms in total. The maximum Gasteiger partial charge on any atom is 0.191 e. The highest BCUT2D eigenvalue weighted by Gasteiger charge is 2.21. The predicted octanol–water partition coefficient (Wildman–Crippen LogP) is 3.29. The fourth-order valence-corrected chi connectivity index (χ4v) is 3.06. The van der Waals surface area contributed by atoms with Gasteiger partial charge in [-0.2, -0.15) is 0 Å². The first-order valence-corrected chi connectivity index (χ1v) is 9.26. The van der Waals surface area contributed by atoms with Gasteiger partial charge in [0.25, 0.3) is 0 Å². The van der Waals surface area contributed by atoms with E-state index in [0.29, 0.717) is 19.5 Å². The molecule has 0 aliphatic carbocycles. The predicted molar refractivity (Wildman–Crippen MR) is 120 cm³/mol. The highest BCUT2D eigenvalue weighted by Crippen LogP contribution is 2.28. The van der Waals surface area contributed by atoms with E-state index in [2.05, 4.69) is 21.7 Å². The molecule has 27 heavy (non-hydrogen) atoms. The van der Waals surface area contributed by atoms with Crippen LogP contribution < -0.4 is 15.4 Å². The second-order valence-corrected chi connectivity index (χ2v) is 6.41. The molecule has 2 atom stereocenters. The van der Waals surface area contributed by atoms with Crippen LogP contribution in [0.5, 0.6) is 5.75 Å². The summed E-state index contributed by atoms with van der Waals surface area (Å²) < 4.78 is 5.93. The van der Waals surface area contributed by atoms with Crippen molar-refractivity contribution in [3.05, 3.63) is 65.7 Å². The van der Waals surface area contributed by atoms with Gasteiger partial charge in [0.1, 0.15) is 11.9 Å². The summed E-state index contributed by atoms with van der Waals surface area (Å²) in [5, 5.41) is 16.8. The Hall–Kier alpha value is -1.80. The molecule has 2 unspecified atom stereocenters. The topological polar surface area (TPSA) is 65.9 Å². The van der Waals surface area contributed by atoms with Gasteiger partial charge in [-0.1, -0.05) is 48.5 Å². The van der Waals surface area contributed by atoms with Crippen LogP contribution in [0.4, 0.5) is 0 Å².